The van der Waals surface area contributed by atoms with Crippen LogP contribution in [-0.4, -0.2) is 35.9 Å². The van der Waals surface area contributed by atoms with Crippen molar-refractivity contribution in [3.8, 4) is 5.75 Å². The Morgan fingerprint density at radius 1 is 1.03 bits per heavy atom. The molecule has 5 heteroatoms. The van der Waals surface area contributed by atoms with Crippen LogP contribution in [0.3, 0.4) is 0 Å². The number of hydrogen-bond acceptors (Lipinski definition) is 3. The maximum absolute atomic E-state index is 13.0. The van der Waals surface area contributed by atoms with Crippen LogP contribution < -0.4 is 10.1 Å². The average Bonchev–Trinajstić information content (AvgIpc) is 2.74. The zero-order chi connectivity index (χ0) is 21.1. The van der Waals surface area contributed by atoms with Gasteiger partial charge in [-0.1, -0.05) is 68.3 Å². The molecule has 0 aromatic heterocycles. The minimum atomic E-state index is -0.528. The molecule has 1 unspecified atom stereocenters. The van der Waals surface area contributed by atoms with Gasteiger partial charge in [-0.3, -0.25) is 9.59 Å². The van der Waals surface area contributed by atoms with E-state index in [2.05, 4.69) is 12.2 Å². The van der Waals surface area contributed by atoms with Gasteiger partial charge in [-0.05, 0) is 37.5 Å². The monoisotopic (exact) mass is 396 g/mol. The summed E-state index contributed by atoms with van der Waals surface area (Å²) in [6.45, 7) is 6.93. The third-order valence-electron chi connectivity index (χ3n) is 4.79. The first-order chi connectivity index (χ1) is 14.0. The number of ether oxygens (including phenoxy) is 1. The Balaban J connectivity index is 2.14. The number of unbranched alkanes of at least 4 members (excludes halogenated alkanes) is 1. The van der Waals surface area contributed by atoms with Gasteiger partial charge in [-0.2, -0.15) is 0 Å². The molecular formula is C24H32N2O3. The number of carbonyl (C=O) groups is 2. The molecule has 5 nitrogen and oxygen atoms in total. The summed E-state index contributed by atoms with van der Waals surface area (Å²) in [5, 5.41) is 2.96. The third kappa shape index (κ3) is 7.26. The molecule has 0 saturated heterocycles. The summed E-state index contributed by atoms with van der Waals surface area (Å²) in [4.78, 5) is 27.4. The Bertz CT molecular complexity index is 759. The summed E-state index contributed by atoms with van der Waals surface area (Å²) in [6, 6.07) is 16.7. The quantitative estimate of drug-likeness (QED) is 0.582. The van der Waals surface area contributed by atoms with Crippen LogP contribution in [0, 0.1) is 6.92 Å². The van der Waals surface area contributed by atoms with Gasteiger partial charge in [0.15, 0.2) is 6.61 Å². The van der Waals surface area contributed by atoms with Gasteiger partial charge in [0.1, 0.15) is 11.8 Å². The zero-order valence-electron chi connectivity index (χ0n) is 17.7. The highest BCUT2D eigenvalue weighted by Crippen LogP contribution is 2.15. The van der Waals surface area contributed by atoms with Gasteiger partial charge < -0.3 is 15.0 Å². The van der Waals surface area contributed by atoms with Crippen LogP contribution in [0.25, 0.3) is 0 Å². The minimum absolute atomic E-state index is 0.103. The second-order valence-corrected chi connectivity index (χ2v) is 7.18. The first-order valence-electron chi connectivity index (χ1n) is 10.4. The van der Waals surface area contributed by atoms with Crippen LogP contribution in [0.5, 0.6) is 5.75 Å². The summed E-state index contributed by atoms with van der Waals surface area (Å²) in [5.41, 5.74) is 2.15. The number of benzene rings is 2. The average molecular weight is 397 g/mol. The maximum Gasteiger partial charge on any atom is 0.261 e. The van der Waals surface area contributed by atoms with Crippen molar-refractivity contribution in [2.24, 2.45) is 0 Å². The Hall–Kier alpha value is -2.82. The number of hydrogen-bond donors (Lipinski definition) is 1. The van der Waals surface area contributed by atoms with Crippen molar-refractivity contribution in [2.75, 3.05) is 13.2 Å². The molecule has 1 N–H and O–H groups in total. The molecule has 0 heterocycles. The topological polar surface area (TPSA) is 58.6 Å². The number of nitrogens with zero attached hydrogens (tertiary/aromatic N) is 1. The summed E-state index contributed by atoms with van der Waals surface area (Å²) >= 11 is 0. The van der Waals surface area contributed by atoms with Gasteiger partial charge in [-0.25, -0.2) is 0 Å². The van der Waals surface area contributed by atoms with E-state index in [0.29, 0.717) is 25.3 Å². The highest BCUT2D eigenvalue weighted by atomic mass is 16.5. The van der Waals surface area contributed by atoms with E-state index in [1.807, 2.05) is 68.4 Å². The van der Waals surface area contributed by atoms with Gasteiger partial charge in [0, 0.05) is 13.1 Å². The number of para-hydroxylation sites is 1. The molecule has 2 aromatic carbocycles. The van der Waals surface area contributed by atoms with E-state index in [9.17, 15) is 9.59 Å². The smallest absolute Gasteiger partial charge is 0.261 e. The normalized spacial score (nSPS) is 11.6. The molecule has 2 aromatic rings. The fourth-order valence-corrected chi connectivity index (χ4v) is 3.06. The first kappa shape index (κ1) is 22.5. The summed E-state index contributed by atoms with van der Waals surface area (Å²) in [5.74, 6) is 0.324. The van der Waals surface area contributed by atoms with Gasteiger partial charge >= 0.3 is 0 Å². The van der Waals surface area contributed by atoms with Crippen LogP contribution in [0.1, 0.15) is 44.2 Å². The lowest BCUT2D eigenvalue weighted by atomic mass is 10.1. The van der Waals surface area contributed by atoms with E-state index in [1.165, 1.54) is 0 Å². The molecule has 0 spiro atoms. The van der Waals surface area contributed by atoms with Crippen LogP contribution in [0.15, 0.2) is 54.6 Å². The van der Waals surface area contributed by atoms with Gasteiger partial charge in [0.2, 0.25) is 5.91 Å². The Morgan fingerprint density at radius 2 is 1.72 bits per heavy atom. The zero-order valence-corrected chi connectivity index (χ0v) is 17.7. The Labute approximate surface area is 174 Å². The second-order valence-electron chi connectivity index (χ2n) is 7.18. The molecule has 2 amide bonds. The van der Waals surface area contributed by atoms with Gasteiger partial charge in [-0.15, -0.1) is 0 Å². The van der Waals surface area contributed by atoms with Crippen molar-refractivity contribution >= 4 is 11.8 Å². The van der Waals surface area contributed by atoms with Crippen molar-refractivity contribution in [1.29, 1.82) is 0 Å². The van der Waals surface area contributed by atoms with E-state index >= 15 is 0 Å². The Kier molecular flexibility index (Phi) is 9.22. The lowest BCUT2D eigenvalue weighted by Crippen LogP contribution is -2.50. The van der Waals surface area contributed by atoms with Crippen molar-refractivity contribution in [3.63, 3.8) is 0 Å². The van der Waals surface area contributed by atoms with Crippen LogP contribution in [-0.2, 0) is 16.1 Å². The molecule has 0 saturated carbocycles. The lowest BCUT2D eigenvalue weighted by Gasteiger charge is -2.30. The highest BCUT2D eigenvalue weighted by molar-refractivity contribution is 5.88. The molecular weight excluding hydrogens is 364 g/mol. The molecule has 0 aliphatic heterocycles. The first-order valence-corrected chi connectivity index (χ1v) is 10.4. The molecule has 1 atom stereocenters. The lowest BCUT2D eigenvalue weighted by molar-refractivity contribution is -0.143. The summed E-state index contributed by atoms with van der Waals surface area (Å²) in [7, 11) is 0. The molecule has 29 heavy (non-hydrogen) atoms. The Morgan fingerprint density at radius 3 is 2.34 bits per heavy atom. The molecule has 0 bridgehead atoms. The molecule has 0 aliphatic carbocycles. The standard InChI is InChI=1S/C24H32N2O3/c1-4-6-16-25-24(28)22(5-2)26(17-20-14-12-19(3)13-15-20)23(27)18-29-21-10-8-7-9-11-21/h7-15,22H,4-6,16-18H2,1-3H3,(H,25,28). The van der Waals surface area contributed by atoms with Crippen LogP contribution >= 0.6 is 0 Å². The minimum Gasteiger partial charge on any atom is -0.484 e. The van der Waals surface area contributed by atoms with Crippen molar-refractivity contribution in [2.45, 2.75) is 52.6 Å². The van der Waals surface area contributed by atoms with E-state index in [-0.39, 0.29) is 18.4 Å². The fraction of sp³-hybridized carbons (Fsp3) is 0.417. The predicted octanol–water partition coefficient (Wildman–Crippen LogP) is 4.10. The molecule has 156 valence electrons. The summed E-state index contributed by atoms with van der Waals surface area (Å²) in [6.07, 6.45) is 2.47. The van der Waals surface area contributed by atoms with E-state index < -0.39 is 6.04 Å². The molecule has 0 radical (unpaired) electrons. The van der Waals surface area contributed by atoms with E-state index in [0.717, 1.165) is 24.0 Å². The number of aryl methyl sites for hydroxylation is 1. The van der Waals surface area contributed by atoms with Crippen LogP contribution in [0.4, 0.5) is 0 Å². The van der Waals surface area contributed by atoms with E-state index in [1.54, 1.807) is 4.90 Å². The van der Waals surface area contributed by atoms with Crippen LogP contribution in [0.2, 0.25) is 0 Å². The van der Waals surface area contributed by atoms with E-state index in [4.69, 9.17) is 4.74 Å². The van der Waals surface area contributed by atoms with Gasteiger partial charge in [0.05, 0.1) is 0 Å². The predicted molar refractivity (Wildman–Crippen MR) is 116 cm³/mol. The van der Waals surface area contributed by atoms with Crippen molar-refractivity contribution in [1.82, 2.24) is 10.2 Å². The molecule has 0 fully saturated rings. The fourth-order valence-electron chi connectivity index (χ4n) is 3.06. The largest absolute Gasteiger partial charge is 0.484 e. The maximum atomic E-state index is 13.0. The number of nitrogens with one attached hydrogen (secondary N) is 1. The number of carbonyl (C=O) groups excluding carboxylic acids is 2. The van der Waals surface area contributed by atoms with Gasteiger partial charge in [0.25, 0.3) is 5.91 Å². The number of rotatable bonds is 11. The summed E-state index contributed by atoms with van der Waals surface area (Å²) < 4.78 is 5.66. The second kappa shape index (κ2) is 11.9. The van der Waals surface area contributed by atoms with Crippen molar-refractivity contribution < 1.29 is 14.3 Å². The third-order valence-corrected chi connectivity index (χ3v) is 4.79. The molecule has 2 rings (SSSR count). The highest BCUT2D eigenvalue weighted by Gasteiger charge is 2.28. The molecule has 0 aliphatic rings. The SMILES string of the molecule is CCCCNC(=O)C(CC)N(Cc1ccc(C)cc1)C(=O)COc1ccccc1. The number of amides is 2. The van der Waals surface area contributed by atoms with Crippen molar-refractivity contribution in [3.05, 3.63) is 65.7 Å².